The highest BCUT2D eigenvalue weighted by Crippen LogP contribution is 1.88. The molecule has 38 valence electrons. The molecule has 0 aromatic heterocycles. The van der Waals surface area contributed by atoms with Crippen molar-refractivity contribution in [1.82, 2.24) is 0 Å². The normalized spacial score (nSPS) is 15.5. The van der Waals surface area contributed by atoms with E-state index < -0.39 is 11.4 Å². The minimum Gasteiger partial charge on any atom is -0.598 e. The lowest BCUT2D eigenvalue weighted by atomic mass is 10.6. The summed E-state index contributed by atoms with van der Waals surface area (Å²) in [7, 11) is 0. The Balaban J connectivity index is 2.99. The third-order valence-electron chi connectivity index (χ3n) is 0.465. The fraction of sp³-hybridized carbons (Fsp3) is 1.00. The van der Waals surface area contributed by atoms with Crippen molar-refractivity contribution in [2.45, 2.75) is 19.1 Å². The molecule has 2 N–H and O–H groups in total. The van der Waals surface area contributed by atoms with Gasteiger partial charge in [-0.1, -0.05) is 0 Å². The first-order valence-corrected chi connectivity index (χ1v) is 3.07. The van der Waals surface area contributed by atoms with E-state index in [1.807, 2.05) is 13.8 Å². The topological polar surface area (TPSA) is 49.1 Å². The van der Waals surface area contributed by atoms with E-state index in [-0.39, 0.29) is 5.25 Å². The minimum absolute atomic E-state index is 0.102. The van der Waals surface area contributed by atoms with Crippen LogP contribution in [0, 0.1) is 0 Å². The van der Waals surface area contributed by atoms with Gasteiger partial charge in [-0.15, -0.1) is 0 Å². The average Bonchev–Trinajstić information content (AvgIpc) is 1.36. The van der Waals surface area contributed by atoms with Crippen molar-refractivity contribution in [1.29, 1.82) is 0 Å². The van der Waals surface area contributed by atoms with Crippen LogP contribution in [0.1, 0.15) is 13.8 Å². The van der Waals surface area contributed by atoms with Crippen molar-refractivity contribution in [3.63, 3.8) is 0 Å². The van der Waals surface area contributed by atoms with Crippen LogP contribution >= 0.6 is 0 Å². The van der Waals surface area contributed by atoms with E-state index >= 15 is 0 Å². The summed E-state index contributed by atoms with van der Waals surface area (Å²) in [5, 5.41) is 5.01. The lowest BCUT2D eigenvalue weighted by Crippen LogP contribution is -2.22. The molecular weight excluding hydrogens is 98.1 g/mol. The zero-order valence-corrected chi connectivity index (χ0v) is 4.79. The molecule has 0 bridgehead atoms. The van der Waals surface area contributed by atoms with Gasteiger partial charge in [0, 0.05) is 11.4 Å². The maximum atomic E-state index is 10.0. The van der Waals surface area contributed by atoms with Gasteiger partial charge in [0.1, 0.15) is 5.25 Å². The highest BCUT2D eigenvalue weighted by atomic mass is 32.2. The van der Waals surface area contributed by atoms with Crippen LogP contribution in [0.3, 0.4) is 0 Å². The Hall–Kier alpha value is 0.270. The second-order valence-corrected chi connectivity index (χ2v) is 2.98. The maximum Gasteiger partial charge on any atom is 0.129 e. The van der Waals surface area contributed by atoms with Gasteiger partial charge in [0.2, 0.25) is 0 Å². The molecule has 0 amide bonds. The lowest BCUT2D eigenvalue weighted by molar-refractivity contribution is 0.588. The van der Waals surface area contributed by atoms with Gasteiger partial charge in [-0.2, -0.15) is 5.14 Å². The molecule has 0 heterocycles. The number of rotatable bonds is 1. The third kappa shape index (κ3) is 2.50. The molecule has 0 fully saturated rings. The van der Waals surface area contributed by atoms with E-state index in [4.69, 9.17) is 5.14 Å². The van der Waals surface area contributed by atoms with Gasteiger partial charge < -0.3 is 4.55 Å². The summed E-state index contributed by atoms with van der Waals surface area (Å²) >= 11 is -1.12. The van der Waals surface area contributed by atoms with Crippen LogP contribution in [-0.4, -0.2) is 9.80 Å². The summed E-state index contributed by atoms with van der Waals surface area (Å²) in [4.78, 5) is 0. The van der Waals surface area contributed by atoms with Crippen LogP contribution in [0.2, 0.25) is 0 Å². The molecule has 0 aliphatic heterocycles. The smallest absolute Gasteiger partial charge is 0.129 e. The Labute approximate surface area is 41.0 Å². The predicted molar refractivity (Wildman–Crippen MR) is 27.5 cm³/mol. The van der Waals surface area contributed by atoms with Crippen molar-refractivity contribution in [3.8, 4) is 0 Å². The zero-order chi connectivity index (χ0) is 5.15. The molecule has 0 saturated carbocycles. The van der Waals surface area contributed by atoms with Gasteiger partial charge in [0.15, 0.2) is 0 Å². The van der Waals surface area contributed by atoms with Crippen molar-refractivity contribution >= 4 is 11.4 Å². The molecule has 0 aromatic carbocycles. The molecule has 1 unspecified atom stereocenters. The summed E-state index contributed by atoms with van der Waals surface area (Å²) in [6.07, 6.45) is 0. The summed E-state index contributed by atoms with van der Waals surface area (Å²) < 4.78 is 10.0. The molecule has 0 spiro atoms. The highest BCUT2D eigenvalue weighted by molar-refractivity contribution is 7.89. The van der Waals surface area contributed by atoms with Gasteiger partial charge in [-0.3, -0.25) is 0 Å². The molecule has 2 nitrogen and oxygen atoms in total. The number of hydrogen-bond acceptors (Lipinski definition) is 2. The quantitative estimate of drug-likeness (QED) is 0.480. The Bertz CT molecular complexity index is 31.8. The Morgan fingerprint density at radius 2 is 1.83 bits per heavy atom. The first-order valence-electron chi connectivity index (χ1n) is 1.79. The standard InChI is InChI=1S/C3H9NOS/c1-3(2)6(4)5/h3H,4H2,1-2H3. The van der Waals surface area contributed by atoms with E-state index in [2.05, 4.69) is 0 Å². The van der Waals surface area contributed by atoms with Crippen LogP contribution in [0.15, 0.2) is 0 Å². The second-order valence-electron chi connectivity index (χ2n) is 1.38. The summed E-state index contributed by atoms with van der Waals surface area (Å²) in [5.41, 5.74) is 0. The van der Waals surface area contributed by atoms with Gasteiger partial charge in [-0.25, -0.2) is 0 Å². The first-order chi connectivity index (χ1) is 2.64. The van der Waals surface area contributed by atoms with Crippen molar-refractivity contribution in [2.75, 3.05) is 0 Å². The van der Waals surface area contributed by atoms with Gasteiger partial charge in [0.05, 0.1) is 0 Å². The average molecular weight is 107 g/mol. The van der Waals surface area contributed by atoms with E-state index in [1.54, 1.807) is 0 Å². The van der Waals surface area contributed by atoms with E-state index in [1.165, 1.54) is 0 Å². The third-order valence-corrected chi connectivity index (χ3v) is 1.39. The molecular formula is C3H9NOS. The molecule has 0 radical (unpaired) electrons. The van der Waals surface area contributed by atoms with Crippen LogP contribution in [0.5, 0.6) is 0 Å². The summed E-state index contributed by atoms with van der Waals surface area (Å²) in [6, 6.07) is 0. The van der Waals surface area contributed by atoms with E-state index in [0.29, 0.717) is 0 Å². The van der Waals surface area contributed by atoms with Gasteiger partial charge in [0.25, 0.3) is 0 Å². The largest absolute Gasteiger partial charge is 0.598 e. The van der Waals surface area contributed by atoms with Crippen molar-refractivity contribution in [3.05, 3.63) is 0 Å². The van der Waals surface area contributed by atoms with Crippen LogP contribution < -0.4 is 5.14 Å². The predicted octanol–water partition coefficient (Wildman–Crippen LogP) is 0.0172. The van der Waals surface area contributed by atoms with Crippen LogP contribution in [-0.2, 0) is 11.4 Å². The molecule has 6 heavy (non-hydrogen) atoms. The number of hydrogen-bond donors (Lipinski definition) is 1. The number of nitrogens with two attached hydrogens (primary N) is 1. The lowest BCUT2D eigenvalue weighted by Gasteiger charge is -2.04. The Kier molecular flexibility index (Phi) is 2.55. The molecule has 0 saturated heterocycles. The van der Waals surface area contributed by atoms with Crippen LogP contribution in [0.25, 0.3) is 0 Å². The fourth-order valence-electron chi connectivity index (χ4n) is 0. The molecule has 1 atom stereocenters. The highest BCUT2D eigenvalue weighted by Gasteiger charge is 2.01. The Morgan fingerprint density at radius 1 is 1.67 bits per heavy atom. The molecule has 0 aliphatic rings. The SMILES string of the molecule is CC(C)[S+](N)[O-]. The Morgan fingerprint density at radius 3 is 1.83 bits per heavy atom. The molecule has 0 aromatic rings. The van der Waals surface area contributed by atoms with Gasteiger partial charge in [-0.05, 0) is 13.8 Å². The summed E-state index contributed by atoms with van der Waals surface area (Å²) in [6.45, 7) is 3.63. The zero-order valence-electron chi connectivity index (χ0n) is 3.97. The van der Waals surface area contributed by atoms with Crippen LogP contribution in [0.4, 0.5) is 0 Å². The summed E-state index contributed by atoms with van der Waals surface area (Å²) in [5.74, 6) is 0. The molecule has 0 rings (SSSR count). The fourth-order valence-corrected chi connectivity index (χ4v) is 0. The minimum atomic E-state index is -1.12. The molecule has 3 heteroatoms. The van der Waals surface area contributed by atoms with Crippen molar-refractivity contribution < 1.29 is 4.55 Å². The monoisotopic (exact) mass is 107 g/mol. The maximum absolute atomic E-state index is 10.0. The van der Waals surface area contributed by atoms with E-state index in [9.17, 15) is 4.55 Å². The van der Waals surface area contributed by atoms with Crippen molar-refractivity contribution in [2.24, 2.45) is 5.14 Å². The van der Waals surface area contributed by atoms with Gasteiger partial charge >= 0.3 is 0 Å². The first kappa shape index (κ1) is 6.27. The molecule has 0 aliphatic carbocycles. The second kappa shape index (κ2) is 2.44. The van der Waals surface area contributed by atoms with E-state index in [0.717, 1.165) is 0 Å².